The number of aliphatic hydroxyl groups excluding tert-OH is 1. The van der Waals surface area contributed by atoms with E-state index in [9.17, 15) is 9.90 Å². The lowest BCUT2D eigenvalue weighted by atomic mass is 10.3. The maximum Gasteiger partial charge on any atom is 0.258 e. The molecule has 1 amide bonds. The highest BCUT2D eigenvalue weighted by molar-refractivity contribution is 7.16. The summed E-state index contributed by atoms with van der Waals surface area (Å²) in [5.74, 6) is 0.351. The van der Waals surface area contributed by atoms with Crippen LogP contribution in [-0.2, 0) is 4.79 Å². The molecule has 0 unspecified atom stereocenters. The Bertz CT molecular complexity index is 559. The van der Waals surface area contributed by atoms with E-state index in [1.54, 1.807) is 24.3 Å². The molecule has 106 valence electrons. The van der Waals surface area contributed by atoms with Crippen molar-refractivity contribution in [2.24, 2.45) is 0 Å². The first kappa shape index (κ1) is 14.8. The van der Waals surface area contributed by atoms with Crippen LogP contribution in [0.15, 0.2) is 42.5 Å². The van der Waals surface area contributed by atoms with Crippen LogP contribution in [0.5, 0.6) is 5.75 Å². The molecule has 1 aromatic heterocycles. The van der Waals surface area contributed by atoms with Gasteiger partial charge in [0.1, 0.15) is 11.9 Å². The fraction of sp³-hybridized carbons (Fsp3) is 0.214. The smallest absolute Gasteiger partial charge is 0.258 e. The van der Waals surface area contributed by atoms with Crippen molar-refractivity contribution in [1.82, 2.24) is 5.32 Å². The molecule has 1 aromatic carbocycles. The maximum absolute atomic E-state index is 11.6. The predicted octanol–water partition coefficient (Wildman–Crippen LogP) is 2.63. The number of carbonyl (C=O) groups excluding carboxylic acids is 1. The van der Waals surface area contributed by atoms with Gasteiger partial charge in [0.2, 0.25) is 0 Å². The van der Waals surface area contributed by atoms with Gasteiger partial charge < -0.3 is 15.2 Å². The van der Waals surface area contributed by atoms with E-state index >= 15 is 0 Å². The molecule has 0 aliphatic rings. The van der Waals surface area contributed by atoms with Gasteiger partial charge in [0.15, 0.2) is 6.61 Å². The molecule has 20 heavy (non-hydrogen) atoms. The van der Waals surface area contributed by atoms with Crippen LogP contribution in [0.2, 0.25) is 4.34 Å². The van der Waals surface area contributed by atoms with Crippen LogP contribution < -0.4 is 10.1 Å². The molecule has 0 aliphatic heterocycles. The topological polar surface area (TPSA) is 58.6 Å². The number of ether oxygens (including phenoxy) is 1. The number of halogens is 1. The van der Waals surface area contributed by atoms with E-state index in [0.717, 1.165) is 4.88 Å². The third-order valence-corrected chi connectivity index (χ3v) is 3.86. The molecule has 2 rings (SSSR count). The summed E-state index contributed by atoms with van der Waals surface area (Å²) < 4.78 is 5.91. The lowest BCUT2D eigenvalue weighted by Gasteiger charge is -2.11. The van der Waals surface area contributed by atoms with Gasteiger partial charge in [-0.2, -0.15) is 0 Å². The molecule has 0 fully saturated rings. The van der Waals surface area contributed by atoms with Crippen LogP contribution >= 0.6 is 22.9 Å². The zero-order valence-electron chi connectivity index (χ0n) is 10.6. The van der Waals surface area contributed by atoms with Gasteiger partial charge in [0.25, 0.3) is 5.91 Å². The van der Waals surface area contributed by atoms with Crippen LogP contribution in [0, 0.1) is 0 Å². The lowest BCUT2D eigenvalue weighted by molar-refractivity contribution is -0.123. The Morgan fingerprint density at radius 1 is 1.30 bits per heavy atom. The van der Waals surface area contributed by atoms with E-state index in [1.165, 1.54) is 11.3 Å². The standard InChI is InChI=1S/C14H14ClNO3S/c15-13-7-6-12(20-13)11(17)8-16-14(18)9-19-10-4-2-1-3-5-10/h1-7,11,17H,8-9H2,(H,16,18)/t11-/m0/s1. The Labute approximate surface area is 126 Å². The summed E-state index contributed by atoms with van der Waals surface area (Å²) in [6.45, 7) is 0.0513. The third kappa shape index (κ3) is 4.52. The molecule has 0 bridgehead atoms. The molecule has 0 spiro atoms. The monoisotopic (exact) mass is 311 g/mol. The normalized spacial score (nSPS) is 11.9. The van der Waals surface area contributed by atoms with Gasteiger partial charge in [-0.1, -0.05) is 29.8 Å². The Hall–Kier alpha value is -1.56. The van der Waals surface area contributed by atoms with Gasteiger partial charge in [0.05, 0.1) is 4.34 Å². The number of hydrogen-bond acceptors (Lipinski definition) is 4. The number of thiophene rings is 1. The molecule has 0 radical (unpaired) electrons. The van der Waals surface area contributed by atoms with E-state index in [4.69, 9.17) is 16.3 Å². The first-order valence-electron chi connectivity index (χ1n) is 6.03. The fourth-order valence-corrected chi connectivity index (χ4v) is 2.58. The molecule has 2 N–H and O–H groups in total. The molecular formula is C14H14ClNO3S. The van der Waals surface area contributed by atoms with Crippen LogP contribution in [0.25, 0.3) is 0 Å². The van der Waals surface area contributed by atoms with Gasteiger partial charge >= 0.3 is 0 Å². The van der Waals surface area contributed by atoms with Gasteiger partial charge in [-0.3, -0.25) is 4.79 Å². The van der Waals surface area contributed by atoms with Crippen LogP contribution in [0.3, 0.4) is 0 Å². The fourth-order valence-electron chi connectivity index (χ4n) is 1.54. The molecule has 0 aliphatic carbocycles. The van der Waals surface area contributed by atoms with Gasteiger partial charge in [-0.15, -0.1) is 11.3 Å². The Kier molecular flexibility index (Phi) is 5.40. The minimum absolute atomic E-state index is 0.0814. The summed E-state index contributed by atoms with van der Waals surface area (Å²) >= 11 is 7.08. The van der Waals surface area contributed by atoms with E-state index in [2.05, 4.69) is 5.32 Å². The number of nitrogens with one attached hydrogen (secondary N) is 1. The lowest BCUT2D eigenvalue weighted by Crippen LogP contribution is -2.32. The highest BCUT2D eigenvalue weighted by atomic mass is 35.5. The predicted molar refractivity (Wildman–Crippen MR) is 79.2 cm³/mol. The molecule has 1 heterocycles. The van der Waals surface area contributed by atoms with Crippen molar-refractivity contribution in [2.75, 3.05) is 13.2 Å². The number of para-hydroxylation sites is 1. The average Bonchev–Trinajstić information content (AvgIpc) is 2.90. The first-order chi connectivity index (χ1) is 9.65. The molecule has 6 heteroatoms. The van der Waals surface area contributed by atoms with Crippen molar-refractivity contribution in [3.63, 3.8) is 0 Å². The van der Waals surface area contributed by atoms with E-state index in [1.807, 2.05) is 18.2 Å². The summed E-state index contributed by atoms with van der Waals surface area (Å²) in [6.07, 6.45) is -0.756. The number of aliphatic hydroxyl groups is 1. The second-order valence-electron chi connectivity index (χ2n) is 4.06. The van der Waals surface area contributed by atoms with Gasteiger partial charge in [-0.05, 0) is 24.3 Å². The van der Waals surface area contributed by atoms with E-state index in [-0.39, 0.29) is 19.1 Å². The molecule has 0 saturated carbocycles. The average molecular weight is 312 g/mol. The van der Waals surface area contributed by atoms with Crippen molar-refractivity contribution in [1.29, 1.82) is 0 Å². The number of carbonyl (C=O) groups is 1. The quantitative estimate of drug-likeness (QED) is 0.862. The number of benzene rings is 1. The van der Waals surface area contributed by atoms with Crippen LogP contribution in [-0.4, -0.2) is 24.2 Å². The second kappa shape index (κ2) is 7.28. The van der Waals surface area contributed by atoms with Crippen molar-refractivity contribution < 1.29 is 14.6 Å². The van der Waals surface area contributed by atoms with E-state index < -0.39 is 6.10 Å². The van der Waals surface area contributed by atoms with E-state index in [0.29, 0.717) is 10.1 Å². The summed E-state index contributed by atoms with van der Waals surface area (Å²) in [5, 5.41) is 12.5. The zero-order valence-corrected chi connectivity index (χ0v) is 12.2. The van der Waals surface area contributed by atoms with Crippen molar-refractivity contribution in [2.45, 2.75) is 6.10 Å². The Morgan fingerprint density at radius 2 is 2.05 bits per heavy atom. The minimum atomic E-state index is -0.756. The number of amides is 1. The van der Waals surface area contributed by atoms with Crippen molar-refractivity contribution in [3.05, 3.63) is 51.7 Å². The molecule has 2 aromatic rings. The Balaban J connectivity index is 1.72. The third-order valence-electron chi connectivity index (χ3n) is 2.53. The Morgan fingerprint density at radius 3 is 2.70 bits per heavy atom. The summed E-state index contributed by atoms with van der Waals surface area (Å²) in [6, 6.07) is 12.5. The summed E-state index contributed by atoms with van der Waals surface area (Å²) in [4.78, 5) is 12.3. The highest BCUT2D eigenvalue weighted by Crippen LogP contribution is 2.26. The summed E-state index contributed by atoms with van der Waals surface area (Å²) in [7, 11) is 0. The van der Waals surface area contributed by atoms with Crippen molar-refractivity contribution in [3.8, 4) is 5.75 Å². The largest absolute Gasteiger partial charge is 0.484 e. The maximum atomic E-state index is 11.6. The number of hydrogen-bond donors (Lipinski definition) is 2. The number of rotatable bonds is 6. The van der Waals surface area contributed by atoms with Gasteiger partial charge in [0, 0.05) is 11.4 Å². The SMILES string of the molecule is O=C(COc1ccccc1)NC[C@H](O)c1ccc(Cl)s1. The molecule has 4 nitrogen and oxygen atoms in total. The molecule has 1 atom stereocenters. The summed E-state index contributed by atoms with van der Waals surface area (Å²) in [5.41, 5.74) is 0. The van der Waals surface area contributed by atoms with Crippen molar-refractivity contribution >= 4 is 28.8 Å². The second-order valence-corrected chi connectivity index (χ2v) is 5.81. The van der Waals surface area contributed by atoms with Gasteiger partial charge in [-0.25, -0.2) is 0 Å². The minimum Gasteiger partial charge on any atom is -0.484 e. The highest BCUT2D eigenvalue weighted by Gasteiger charge is 2.12. The zero-order chi connectivity index (χ0) is 14.4. The first-order valence-corrected chi connectivity index (χ1v) is 7.22. The van der Waals surface area contributed by atoms with Crippen LogP contribution in [0.1, 0.15) is 11.0 Å². The molecular weight excluding hydrogens is 298 g/mol. The van der Waals surface area contributed by atoms with Crippen LogP contribution in [0.4, 0.5) is 0 Å². The molecule has 0 saturated heterocycles.